The minimum Gasteiger partial charge on any atom is -0.443 e. The largest absolute Gasteiger partial charge is 0.443 e. The molecule has 0 aromatic heterocycles. The van der Waals surface area contributed by atoms with E-state index in [1.54, 1.807) is 25.3 Å². The zero-order valence-corrected chi connectivity index (χ0v) is 18.5. The SMILES string of the molecule is COCCC(=O)N1CCC2(CC1)CCN(c1cccc(COC(=O)N=C(N)N)c1F)CC2. The molecule has 2 amide bonds. The highest BCUT2D eigenvalue weighted by Crippen LogP contribution is 2.42. The Morgan fingerprint density at radius 2 is 1.78 bits per heavy atom. The Labute approximate surface area is 187 Å². The smallest absolute Gasteiger partial charge is 0.437 e. The van der Waals surface area contributed by atoms with Crippen LogP contribution in [-0.4, -0.2) is 62.8 Å². The van der Waals surface area contributed by atoms with Gasteiger partial charge in [-0.05, 0) is 37.2 Å². The monoisotopic (exact) mass is 449 g/mol. The molecule has 0 atom stereocenters. The summed E-state index contributed by atoms with van der Waals surface area (Å²) in [5, 5.41) is 0. The number of benzene rings is 1. The molecule has 3 rings (SSSR count). The summed E-state index contributed by atoms with van der Waals surface area (Å²) in [7, 11) is 1.60. The van der Waals surface area contributed by atoms with Crippen LogP contribution in [0.25, 0.3) is 0 Å². The first-order valence-electron chi connectivity index (χ1n) is 10.9. The van der Waals surface area contributed by atoms with Gasteiger partial charge in [-0.1, -0.05) is 12.1 Å². The van der Waals surface area contributed by atoms with Crippen molar-refractivity contribution in [3.8, 4) is 0 Å². The molecule has 1 aromatic carbocycles. The first-order chi connectivity index (χ1) is 15.3. The maximum atomic E-state index is 15.1. The van der Waals surface area contributed by atoms with Crippen LogP contribution >= 0.6 is 0 Å². The predicted molar refractivity (Wildman–Crippen MR) is 119 cm³/mol. The van der Waals surface area contributed by atoms with Crippen molar-refractivity contribution in [1.82, 2.24) is 4.90 Å². The van der Waals surface area contributed by atoms with Crippen molar-refractivity contribution < 1.29 is 23.5 Å². The van der Waals surface area contributed by atoms with E-state index >= 15 is 4.39 Å². The molecule has 0 radical (unpaired) electrons. The molecular formula is C22H32FN5O4. The highest BCUT2D eigenvalue weighted by atomic mass is 19.1. The maximum absolute atomic E-state index is 15.1. The Bertz CT molecular complexity index is 841. The second-order valence-corrected chi connectivity index (χ2v) is 8.45. The number of rotatable bonds is 6. The number of ether oxygens (including phenoxy) is 2. The Morgan fingerprint density at radius 1 is 1.12 bits per heavy atom. The fourth-order valence-electron chi connectivity index (χ4n) is 4.50. The fourth-order valence-corrected chi connectivity index (χ4v) is 4.50. The van der Waals surface area contributed by atoms with E-state index in [9.17, 15) is 9.59 Å². The lowest BCUT2D eigenvalue weighted by atomic mass is 9.71. The molecule has 1 aromatic rings. The quantitative estimate of drug-likeness (QED) is 0.503. The second-order valence-electron chi connectivity index (χ2n) is 8.45. The summed E-state index contributed by atoms with van der Waals surface area (Å²) < 4.78 is 25.0. The Kier molecular flexibility index (Phi) is 7.89. The zero-order valence-electron chi connectivity index (χ0n) is 18.5. The highest BCUT2D eigenvalue weighted by molar-refractivity contribution is 5.87. The van der Waals surface area contributed by atoms with Crippen molar-refractivity contribution in [1.29, 1.82) is 0 Å². The lowest BCUT2D eigenvalue weighted by Crippen LogP contribution is -2.48. The summed E-state index contributed by atoms with van der Waals surface area (Å²) in [5.41, 5.74) is 11.2. The molecule has 32 heavy (non-hydrogen) atoms. The van der Waals surface area contributed by atoms with Gasteiger partial charge in [0.05, 0.1) is 18.7 Å². The molecule has 2 heterocycles. The van der Waals surface area contributed by atoms with Crippen LogP contribution in [0.1, 0.15) is 37.7 Å². The summed E-state index contributed by atoms with van der Waals surface area (Å²) in [6, 6.07) is 5.06. The van der Waals surface area contributed by atoms with E-state index in [1.165, 1.54) is 0 Å². The molecule has 0 bridgehead atoms. The molecule has 1 spiro atoms. The number of hydrogen-bond acceptors (Lipinski definition) is 5. The number of likely N-dealkylation sites (tertiary alicyclic amines) is 1. The number of carbonyl (C=O) groups is 2. The van der Waals surface area contributed by atoms with E-state index in [0.29, 0.717) is 18.7 Å². The lowest BCUT2D eigenvalue weighted by molar-refractivity contribution is -0.134. The number of nitrogens with two attached hydrogens (primary N) is 2. The average Bonchev–Trinajstić information content (AvgIpc) is 2.77. The van der Waals surface area contributed by atoms with E-state index in [2.05, 4.69) is 4.99 Å². The maximum Gasteiger partial charge on any atom is 0.437 e. The van der Waals surface area contributed by atoms with Crippen LogP contribution in [0.15, 0.2) is 23.2 Å². The molecule has 2 saturated heterocycles. The number of amides is 2. The van der Waals surface area contributed by atoms with Crippen LogP contribution in [0.4, 0.5) is 14.9 Å². The predicted octanol–water partition coefficient (Wildman–Crippen LogP) is 1.98. The van der Waals surface area contributed by atoms with Crippen LogP contribution < -0.4 is 16.4 Å². The van der Waals surface area contributed by atoms with Gasteiger partial charge in [0.15, 0.2) is 11.8 Å². The van der Waals surface area contributed by atoms with Gasteiger partial charge in [0.2, 0.25) is 5.91 Å². The van der Waals surface area contributed by atoms with Crippen molar-refractivity contribution >= 4 is 23.6 Å². The van der Waals surface area contributed by atoms with Crippen molar-refractivity contribution in [3.05, 3.63) is 29.6 Å². The number of nitrogens with zero attached hydrogens (tertiary/aromatic N) is 3. The van der Waals surface area contributed by atoms with Gasteiger partial charge in [-0.2, -0.15) is 0 Å². The van der Waals surface area contributed by atoms with Gasteiger partial charge in [-0.15, -0.1) is 4.99 Å². The first kappa shape index (κ1) is 23.8. The number of guanidine groups is 1. The molecule has 0 saturated carbocycles. The molecule has 2 aliphatic rings. The molecule has 0 aliphatic carbocycles. The molecular weight excluding hydrogens is 417 g/mol. The van der Waals surface area contributed by atoms with Crippen LogP contribution in [0, 0.1) is 11.2 Å². The molecule has 2 fully saturated rings. The number of aliphatic imine (C=N–C) groups is 1. The number of hydrogen-bond donors (Lipinski definition) is 2. The number of anilines is 1. The number of carbonyl (C=O) groups excluding carboxylic acids is 2. The van der Waals surface area contributed by atoms with Gasteiger partial charge in [-0.3, -0.25) is 4.79 Å². The normalized spacial score (nSPS) is 17.8. The molecule has 10 heteroatoms. The van der Waals surface area contributed by atoms with Gasteiger partial charge < -0.3 is 30.7 Å². The van der Waals surface area contributed by atoms with Gasteiger partial charge in [0.1, 0.15) is 6.61 Å². The summed E-state index contributed by atoms with van der Waals surface area (Å²) in [6.45, 7) is 3.23. The van der Waals surface area contributed by atoms with Crippen LogP contribution in [0.5, 0.6) is 0 Å². The minimum atomic E-state index is -0.957. The van der Waals surface area contributed by atoms with Crippen molar-refractivity contribution in [3.63, 3.8) is 0 Å². The summed E-state index contributed by atoms with van der Waals surface area (Å²) in [6.07, 6.45) is 3.33. The Hall–Kier alpha value is -2.88. The van der Waals surface area contributed by atoms with Gasteiger partial charge in [0.25, 0.3) is 0 Å². The van der Waals surface area contributed by atoms with Gasteiger partial charge in [0, 0.05) is 38.9 Å². The third kappa shape index (κ3) is 5.87. The number of piperidine rings is 2. The fraction of sp³-hybridized carbons (Fsp3) is 0.591. The van der Waals surface area contributed by atoms with Crippen molar-refractivity contribution in [2.24, 2.45) is 21.9 Å². The molecule has 0 unspecified atom stereocenters. The molecule has 4 N–H and O–H groups in total. The molecule has 2 aliphatic heterocycles. The van der Waals surface area contributed by atoms with Crippen molar-refractivity contribution in [2.75, 3.05) is 44.8 Å². The summed E-state index contributed by atoms with van der Waals surface area (Å²) in [4.78, 5) is 30.9. The van der Waals surface area contributed by atoms with E-state index < -0.39 is 17.9 Å². The standard InChI is InChI=1S/C22H32FN5O4/c1-31-14-5-18(29)28-12-8-22(9-13-28)6-10-27(11-7-22)17-4-2-3-16(19(17)23)15-32-21(30)26-20(24)25/h2-4H,5-15H2,1H3,(H4,24,25,26,30). The number of methoxy groups -OCH3 is 1. The summed E-state index contributed by atoms with van der Waals surface area (Å²) in [5.74, 6) is -0.658. The highest BCUT2D eigenvalue weighted by Gasteiger charge is 2.38. The van der Waals surface area contributed by atoms with E-state index in [4.69, 9.17) is 20.9 Å². The average molecular weight is 450 g/mol. The number of halogens is 1. The second kappa shape index (κ2) is 10.6. The van der Waals surface area contributed by atoms with E-state index in [-0.39, 0.29) is 23.5 Å². The minimum absolute atomic E-state index is 0.151. The molecule has 9 nitrogen and oxygen atoms in total. The van der Waals surface area contributed by atoms with Crippen molar-refractivity contribution in [2.45, 2.75) is 38.7 Å². The zero-order chi connectivity index (χ0) is 23.1. The van der Waals surface area contributed by atoms with Gasteiger partial charge >= 0.3 is 6.09 Å². The third-order valence-corrected chi connectivity index (χ3v) is 6.49. The van der Waals surface area contributed by atoms with Crippen LogP contribution in [0.2, 0.25) is 0 Å². The Morgan fingerprint density at radius 3 is 2.41 bits per heavy atom. The van der Waals surface area contributed by atoms with E-state index in [0.717, 1.165) is 51.9 Å². The lowest BCUT2D eigenvalue weighted by Gasteiger charge is -2.47. The summed E-state index contributed by atoms with van der Waals surface area (Å²) >= 11 is 0. The Balaban J connectivity index is 1.55. The van der Waals surface area contributed by atoms with E-state index in [1.807, 2.05) is 9.80 Å². The topological polar surface area (TPSA) is 123 Å². The molecule has 176 valence electrons. The van der Waals surface area contributed by atoms with Crippen LogP contribution in [-0.2, 0) is 20.9 Å². The first-order valence-corrected chi connectivity index (χ1v) is 10.9. The van der Waals surface area contributed by atoms with Crippen LogP contribution in [0.3, 0.4) is 0 Å². The van der Waals surface area contributed by atoms with Gasteiger partial charge in [-0.25, -0.2) is 9.18 Å². The third-order valence-electron chi connectivity index (χ3n) is 6.49.